The van der Waals surface area contributed by atoms with E-state index in [0.29, 0.717) is 11.1 Å². The number of benzene rings is 8. The van der Waals surface area contributed by atoms with E-state index in [0.717, 1.165) is 11.1 Å². The van der Waals surface area contributed by atoms with E-state index in [9.17, 15) is 4.11 Å². The Labute approximate surface area is 343 Å². The van der Waals surface area contributed by atoms with Gasteiger partial charge >= 0.3 is 0 Å². The Bertz CT molecular complexity index is 4050. The van der Waals surface area contributed by atoms with Crippen LogP contribution in [0.5, 0.6) is 0 Å². The van der Waals surface area contributed by atoms with Crippen molar-refractivity contribution in [3.8, 4) is 62.1 Å². The molecule has 3 aromatic heterocycles. The SMILES string of the molecule is [2H]c1c([2H])c([2H])c2c(oc3c([2H])c([2H])c([2H])c(-c4ccc(-n5c6c([2H])c([2H])c([2H])c([2H])c6c6c([2H])c([2H])c([2H])c([2H])c65)c(-c5nc(-c6ccccc6)nc(-c6cccc(-c7ccccc7)c6)n5)c4)c32)c1[2H]. The van der Waals surface area contributed by atoms with Crippen LogP contribution in [-0.4, -0.2) is 19.5 Å². The van der Waals surface area contributed by atoms with Gasteiger partial charge in [-0.3, -0.25) is 0 Å². The maximum atomic E-state index is 9.39. The quantitative estimate of drug-likeness (QED) is 0.171. The average molecular weight is 732 g/mol. The zero-order valence-electron chi connectivity index (χ0n) is 44.0. The summed E-state index contributed by atoms with van der Waals surface area (Å²) in [6, 6.07) is 22.2. The molecule has 0 saturated heterocycles. The maximum Gasteiger partial charge on any atom is 0.166 e. The third kappa shape index (κ3) is 5.29. The molecule has 0 unspecified atom stereocenters. The molecular formula is C51H32N4O. The highest BCUT2D eigenvalue weighted by atomic mass is 16.3. The molecule has 11 aromatic rings. The standard InChI is InChI=1S/C51H32N4O/c1-3-15-33(16-4-1)35-19-13-20-37(31-35)50-52-49(34-17-5-2-6-18-34)53-51(54-50)42-32-36(38-24-14-28-47-48(38)41-23-9-12-27-46(41)56-47)29-30-45(42)55-43-25-10-7-21-39(43)40-22-8-11-26-44(40)55/h1-32H/i7D,8D,9D,10D,11D,12D,14D,21D,22D,23D,24D,25D,26D,27D,28D. The number of nitrogens with zero attached hydrogens (tertiary/aromatic N) is 4. The van der Waals surface area contributed by atoms with Crippen LogP contribution in [0.2, 0.25) is 0 Å². The summed E-state index contributed by atoms with van der Waals surface area (Å²) in [5.41, 5.74) is 2.20. The second kappa shape index (κ2) is 13.0. The molecular weight excluding hydrogens is 685 g/mol. The molecule has 3 heterocycles. The maximum absolute atomic E-state index is 9.39. The second-order valence-electron chi connectivity index (χ2n) is 12.9. The van der Waals surface area contributed by atoms with E-state index >= 15 is 0 Å². The number of rotatable bonds is 6. The summed E-state index contributed by atoms with van der Waals surface area (Å²) < 4.78 is 141. The lowest BCUT2D eigenvalue weighted by Crippen LogP contribution is -2.04. The number of hydrogen-bond acceptors (Lipinski definition) is 4. The summed E-state index contributed by atoms with van der Waals surface area (Å²) in [7, 11) is 0. The molecule has 56 heavy (non-hydrogen) atoms. The Morgan fingerprint density at radius 1 is 0.411 bits per heavy atom. The minimum atomic E-state index is -0.636. The molecule has 0 saturated carbocycles. The molecule has 262 valence electrons. The van der Waals surface area contributed by atoms with Crippen molar-refractivity contribution in [2.24, 2.45) is 0 Å². The summed E-state index contributed by atoms with van der Waals surface area (Å²) in [6.07, 6.45) is 0. The summed E-state index contributed by atoms with van der Waals surface area (Å²) in [5, 5.41) is -0.525. The lowest BCUT2D eigenvalue weighted by Gasteiger charge is -2.16. The van der Waals surface area contributed by atoms with Gasteiger partial charge in [0.05, 0.1) is 37.3 Å². The zero-order chi connectivity index (χ0) is 50.1. The molecule has 5 nitrogen and oxygen atoms in total. The molecule has 5 heteroatoms. The van der Waals surface area contributed by atoms with Crippen LogP contribution in [0.1, 0.15) is 20.6 Å². The summed E-state index contributed by atoms with van der Waals surface area (Å²) in [6.45, 7) is 0. The Kier molecular flexibility index (Phi) is 4.70. The van der Waals surface area contributed by atoms with Crippen molar-refractivity contribution in [1.82, 2.24) is 19.5 Å². The lowest BCUT2D eigenvalue weighted by molar-refractivity contribution is 0.669. The van der Waals surface area contributed by atoms with Gasteiger partial charge in [-0.05, 0) is 64.6 Å². The second-order valence-corrected chi connectivity index (χ2v) is 12.9. The van der Waals surface area contributed by atoms with Crippen LogP contribution in [0.15, 0.2) is 198 Å². The van der Waals surface area contributed by atoms with Gasteiger partial charge in [0.1, 0.15) is 11.2 Å². The molecule has 0 aliphatic carbocycles. The minimum absolute atomic E-state index is 0.0440. The zero-order valence-corrected chi connectivity index (χ0v) is 29.0. The van der Waals surface area contributed by atoms with Crippen molar-refractivity contribution < 1.29 is 25.0 Å². The van der Waals surface area contributed by atoms with Crippen molar-refractivity contribution >= 4 is 43.7 Å². The number of fused-ring (bicyclic) bond motifs is 6. The first-order valence-corrected chi connectivity index (χ1v) is 17.6. The van der Waals surface area contributed by atoms with Crippen molar-refractivity contribution in [1.29, 1.82) is 0 Å². The van der Waals surface area contributed by atoms with Crippen molar-refractivity contribution in [3.63, 3.8) is 0 Å². The topological polar surface area (TPSA) is 56.7 Å². The molecule has 8 aromatic carbocycles. The largest absolute Gasteiger partial charge is 0.456 e. The molecule has 0 atom stereocenters. The van der Waals surface area contributed by atoms with Crippen LogP contribution >= 0.6 is 0 Å². The molecule has 0 aliphatic rings. The third-order valence-electron chi connectivity index (χ3n) is 9.64. The first kappa shape index (κ1) is 20.2. The van der Waals surface area contributed by atoms with Gasteiger partial charge in [0.25, 0.3) is 0 Å². The fourth-order valence-corrected chi connectivity index (χ4v) is 7.11. The van der Waals surface area contributed by atoms with Gasteiger partial charge in [-0.1, -0.05) is 151 Å². The van der Waals surface area contributed by atoms with Crippen LogP contribution in [-0.2, 0) is 0 Å². The monoisotopic (exact) mass is 731 g/mol. The van der Waals surface area contributed by atoms with Crippen molar-refractivity contribution in [2.45, 2.75) is 0 Å². The van der Waals surface area contributed by atoms with E-state index in [1.165, 1.54) is 22.8 Å². The first-order valence-electron chi connectivity index (χ1n) is 25.1. The van der Waals surface area contributed by atoms with Crippen LogP contribution in [0.4, 0.5) is 0 Å². The number of para-hydroxylation sites is 3. The molecule has 0 radical (unpaired) electrons. The van der Waals surface area contributed by atoms with Gasteiger partial charge < -0.3 is 8.98 Å². The van der Waals surface area contributed by atoms with Crippen LogP contribution < -0.4 is 0 Å². The van der Waals surface area contributed by atoms with E-state index in [1.807, 2.05) is 60.7 Å². The molecule has 11 rings (SSSR count). The molecule has 0 amide bonds. The number of aromatic nitrogens is 4. The van der Waals surface area contributed by atoms with E-state index in [-0.39, 0.29) is 83.6 Å². The van der Waals surface area contributed by atoms with Crippen molar-refractivity contribution in [3.05, 3.63) is 194 Å². The average Bonchev–Trinajstić information content (AvgIpc) is 3.97. The van der Waals surface area contributed by atoms with Gasteiger partial charge in [0, 0.05) is 38.2 Å². The molecule has 0 aliphatic heterocycles. The van der Waals surface area contributed by atoms with Gasteiger partial charge in [-0.2, -0.15) is 0 Å². The van der Waals surface area contributed by atoms with Crippen molar-refractivity contribution in [2.75, 3.05) is 0 Å². The van der Waals surface area contributed by atoms with Gasteiger partial charge in [-0.15, -0.1) is 0 Å². The van der Waals surface area contributed by atoms with Crippen LogP contribution in [0.3, 0.4) is 0 Å². The van der Waals surface area contributed by atoms with Gasteiger partial charge in [0.2, 0.25) is 0 Å². The first-order chi connectivity index (χ1) is 34.0. The fourth-order valence-electron chi connectivity index (χ4n) is 7.11. The Morgan fingerprint density at radius 2 is 1.00 bits per heavy atom. The fraction of sp³-hybridized carbons (Fsp3) is 0. The van der Waals surface area contributed by atoms with Crippen LogP contribution in [0, 0.1) is 0 Å². The third-order valence-corrected chi connectivity index (χ3v) is 9.64. The normalized spacial score (nSPS) is 15.3. The summed E-state index contributed by atoms with van der Waals surface area (Å²) in [4.78, 5) is 15.0. The smallest absolute Gasteiger partial charge is 0.166 e. The highest BCUT2D eigenvalue weighted by Crippen LogP contribution is 2.41. The molecule has 0 spiro atoms. The Balaban J connectivity index is 1.32. The predicted octanol–water partition coefficient (Wildman–Crippen LogP) is 13.2. The Morgan fingerprint density at radius 3 is 1.75 bits per heavy atom. The van der Waals surface area contributed by atoms with E-state index < -0.39 is 90.6 Å². The highest BCUT2D eigenvalue weighted by molar-refractivity contribution is 6.13. The van der Waals surface area contributed by atoms with Gasteiger partial charge in [0.15, 0.2) is 17.5 Å². The van der Waals surface area contributed by atoms with E-state index in [1.54, 1.807) is 24.3 Å². The Hall–Kier alpha value is -7.63. The summed E-state index contributed by atoms with van der Waals surface area (Å²) in [5.74, 6) is 0.351. The van der Waals surface area contributed by atoms with Gasteiger partial charge in [-0.25, -0.2) is 15.0 Å². The molecule has 0 bridgehead atoms. The van der Waals surface area contributed by atoms with E-state index in [4.69, 9.17) is 35.8 Å². The molecule has 0 N–H and O–H groups in total. The minimum Gasteiger partial charge on any atom is -0.456 e. The summed E-state index contributed by atoms with van der Waals surface area (Å²) >= 11 is 0. The number of furan rings is 1. The highest BCUT2D eigenvalue weighted by Gasteiger charge is 2.21. The lowest BCUT2D eigenvalue weighted by atomic mass is 9.96. The van der Waals surface area contributed by atoms with Crippen LogP contribution in [0.25, 0.3) is 106 Å². The van der Waals surface area contributed by atoms with E-state index in [2.05, 4.69) is 0 Å². The predicted molar refractivity (Wildman–Crippen MR) is 229 cm³/mol. The number of hydrogen-bond donors (Lipinski definition) is 0. The molecule has 0 fully saturated rings.